The molecule has 6 nitrogen and oxygen atoms in total. The number of urea groups is 1. The Morgan fingerprint density at radius 2 is 1.96 bits per heavy atom. The number of nitrogens with one attached hydrogen (secondary N) is 1. The van der Waals surface area contributed by atoms with Crippen molar-refractivity contribution in [1.82, 2.24) is 15.4 Å². The molecule has 1 aliphatic heterocycles. The normalized spacial score (nSPS) is 20.5. The van der Waals surface area contributed by atoms with Crippen molar-refractivity contribution in [3.8, 4) is 0 Å². The number of aryl methyl sites for hydroxylation is 2. The van der Waals surface area contributed by atoms with Crippen molar-refractivity contribution in [2.45, 2.75) is 45.7 Å². The van der Waals surface area contributed by atoms with Crippen LogP contribution in [0.25, 0.3) is 0 Å². The summed E-state index contributed by atoms with van der Waals surface area (Å²) in [7, 11) is 0. The Labute approximate surface area is 140 Å². The quantitative estimate of drug-likeness (QED) is 0.857. The van der Waals surface area contributed by atoms with Crippen LogP contribution < -0.4 is 5.32 Å². The fourth-order valence-corrected chi connectivity index (χ4v) is 2.98. The van der Waals surface area contributed by atoms with Gasteiger partial charge >= 0.3 is 6.03 Å². The number of carbonyl (C=O) groups excluding carboxylic acids is 2. The molecule has 1 saturated heterocycles. The number of benzene rings is 1. The van der Waals surface area contributed by atoms with E-state index in [-0.39, 0.29) is 12.5 Å². The van der Waals surface area contributed by atoms with Gasteiger partial charge in [-0.2, -0.15) is 0 Å². The molecule has 0 unspecified atom stereocenters. The lowest BCUT2D eigenvalue weighted by atomic mass is 9.91. The standard InChI is InChI=1S/C18H21N3O3/c1-4-5-13-6-8-14(9-7-13)18(3)16(22)21(17(23)19-18)11-15-10-12(2)20-24-15/h6-10H,4-5,11H2,1-3H3,(H,19,23)/t18-/m0/s1. The van der Waals surface area contributed by atoms with Crippen molar-refractivity contribution in [2.75, 3.05) is 0 Å². The van der Waals surface area contributed by atoms with Gasteiger partial charge in [-0.15, -0.1) is 0 Å². The van der Waals surface area contributed by atoms with Crippen LogP contribution in [0.4, 0.5) is 4.79 Å². The van der Waals surface area contributed by atoms with E-state index in [1.807, 2.05) is 24.3 Å². The lowest BCUT2D eigenvalue weighted by Crippen LogP contribution is -2.40. The zero-order valence-electron chi connectivity index (χ0n) is 14.1. The molecule has 1 fully saturated rings. The molecule has 126 valence electrons. The minimum absolute atomic E-state index is 0.0784. The number of hydrogen-bond acceptors (Lipinski definition) is 4. The number of carbonyl (C=O) groups is 2. The summed E-state index contributed by atoms with van der Waals surface area (Å²) in [6.45, 7) is 5.72. The number of aromatic nitrogens is 1. The maximum absolute atomic E-state index is 12.8. The van der Waals surface area contributed by atoms with Gasteiger partial charge < -0.3 is 9.84 Å². The van der Waals surface area contributed by atoms with Crippen LogP contribution in [0, 0.1) is 6.92 Å². The van der Waals surface area contributed by atoms with E-state index in [4.69, 9.17) is 4.52 Å². The Hall–Kier alpha value is -2.63. The first kappa shape index (κ1) is 16.2. The van der Waals surface area contributed by atoms with Crippen LogP contribution >= 0.6 is 0 Å². The molecule has 3 rings (SSSR count). The van der Waals surface area contributed by atoms with Crippen molar-refractivity contribution < 1.29 is 14.1 Å². The molecule has 0 bridgehead atoms. The van der Waals surface area contributed by atoms with Crippen LogP contribution in [0.1, 0.15) is 42.8 Å². The Morgan fingerprint density at radius 3 is 2.54 bits per heavy atom. The summed E-state index contributed by atoms with van der Waals surface area (Å²) in [5, 5.41) is 6.59. The maximum atomic E-state index is 12.8. The second-order valence-electron chi connectivity index (χ2n) is 6.33. The lowest BCUT2D eigenvalue weighted by molar-refractivity contribution is -0.131. The smallest absolute Gasteiger partial charge is 0.325 e. The molecule has 24 heavy (non-hydrogen) atoms. The van der Waals surface area contributed by atoms with Gasteiger partial charge in [-0.25, -0.2) is 4.79 Å². The third-order valence-corrected chi connectivity index (χ3v) is 4.34. The Balaban J connectivity index is 1.83. The highest BCUT2D eigenvalue weighted by Gasteiger charge is 2.49. The largest absolute Gasteiger partial charge is 0.359 e. The number of amides is 3. The van der Waals surface area contributed by atoms with Crippen LogP contribution in [0.5, 0.6) is 0 Å². The van der Waals surface area contributed by atoms with Crippen molar-refractivity contribution in [3.05, 3.63) is 52.9 Å². The molecular formula is C18H21N3O3. The highest BCUT2D eigenvalue weighted by atomic mass is 16.5. The van der Waals surface area contributed by atoms with E-state index >= 15 is 0 Å². The topological polar surface area (TPSA) is 75.4 Å². The van der Waals surface area contributed by atoms with Crippen LogP contribution in [-0.4, -0.2) is 22.0 Å². The molecule has 1 aromatic carbocycles. The molecule has 0 spiro atoms. The summed E-state index contributed by atoms with van der Waals surface area (Å²) in [5.74, 6) is 0.198. The Kier molecular flexibility index (Phi) is 4.13. The highest BCUT2D eigenvalue weighted by Crippen LogP contribution is 2.30. The second kappa shape index (κ2) is 6.11. The third-order valence-electron chi connectivity index (χ3n) is 4.34. The molecule has 1 aliphatic rings. The monoisotopic (exact) mass is 327 g/mol. The third kappa shape index (κ3) is 2.79. The van der Waals surface area contributed by atoms with Crippen molar-refractivity contribution in [3.63, 3.8) is 0 Å². The summed E-state index contributed by atoms with van der Waals surface area (Å²) in [6.07, 6.45) is 2.06. The predicted octanol–water partition coefficient (Wildman–Crippen LogP) is 2.90. The van der Waals surface area contributed by atoms with Gasteiger partial charge in [0.25, 0.3) is 5.91 Å². The summed E-state index contributed by atoms with van der Waals surface area (Å²) in [6, 6.07) is 9.12. The minimum Gasteiger partial charge on any atom is -0.359 e. The van der Waals surface area contributed by atoms with E-state index in [0.29, 0.717) is 11.5 Å². The summed E-state index contributed by atoms with van der Waals surface area (Å²) in [4.78, 5) is 26.3. The van der Waals surface area contributed by atoms with E-state index in [1.165, 1.54) is 10.5 Å². The molecule has 2 aromatic rings. The van der Waals surface area contributed by atoms with E-state index in [1.54, 1.807) is 19.9 Å². The Morgan fingerprint density at radius 1 is 1.25 bits per heavy atom. The molecule has 0 saturated carbocycles. The molecule has 2 heterocycles. The van der Waals surface area contributed by atoms with E-state index in [2.05, 4.69) is 17.4 Å². The highest BCUT2D eigenvalue weighted by molar-refractivity contribution is 6.07. The first-order chi connectivity index (χ1) is 11.4. The van der Waals surface area contributed by atoms with Gasteiger partial charge in [0.2, 0.25) is 0 Å². The van der Waals surface area contributed by atoms with Gasteiger partial charge in [-0.05, 0) is 31.4 Å². The average Bonchev–Trinajstić information content (AvgIpc) is 3.06. The first-order valence-electron chi connectivity index (χ1n) is 8.09. The second-order valence-corrected chi connectivity index (χ2v) is 6.33. The minimum atomic E-state index is -1.06. The number of imide groups is 1. The molecule has 0 aliphatic carbocycles. The molecule has 1 aromatic heterocycles. The van der Waals surface area contributed by atoms with Crippen LogP contribution in [0.3, 0.4) is 0 Å². The summed E-state index contributed by atoms with van der Waals surface area (Å²) in [5.41, 5.74) is 1.65. The van der Waals surface area contributed by atoms with Gasteiger partial charge in [-0.3, -0.25) is 9.69 Å². The molecule has 1 atom stereocenters. The maximum Gasteiger partial charge on any atom is 0.325 e. The fraction of sp³-hybridized carbons (Fsp3) is 0.389. The number of rotatable bonds is 5. The molecular weight excluding hydrogens is 306 g/mol. The van der Waals surface area contributed by atoms with Gasteiger partial charge in [0, 0.05) is 6.07 Å². The molecule has 6 heteroatoms. The Bertz CT molecular complexity index is 766. The van der Waals surface area contributed by atoms with Gasteiger partial charge in [0.1, 0.15) is 5.54 Å². The fourth-order valence-electron chi connectivity index (χ4n) is 2.98. The summed E-state index contributed by atoms with van der Waals surface area (Å²) >= 11 is 0. The van der Waals surface area contributed by atoms with Crippen molar-refractivity contribution in [2.24, 2.45) is 0 Å². The zero-order valence-corrected chi connectivity index (χ0v) is 14.1. The van der Waals surface area contributed by atoms with Crippen molar-refractivity contribution in [1.29, 1.82) is 0 Å². The molecule has 0 radical (unpaired) electrons. The van der Waals surface area contributed by atoms with Gasteiger partial charge in [0.15, 0.2) is 5.76 Å². The number of nitrogens with zero attached hydrogens (tertiary/aromatic N) is 2. The van der Waals surface area contributed by atoms with E-state index < -0.39 is 11.6 Å². The van der Waals surface area contributed by atoms with Crippen molar-refractivity contribution >= 4 is 11.9 Å². The van der Waals surface area contributed by atoms with E-state index in [9.17, 15) is 9.59 Å². The summed E-state index contributed by atoms with van der Waals surface area (Å²) < 4.78 is 5.12. The number of hydrogen-bond donors (Lipinski definition) is 1. The zero-order chi connectivity index (χ0) is 17.3. The van der Waals surface area contributed by atoms with Crippen LogP contribution in [0.15, 0.2) is 34.9 Å². The predicted molar refractivity (Wildman–Crippen MR) is 88.1 cm³/mol. The van der Waals surface area contributed by atoms with Crippen LogP contribution in [-0.2, 0) is 23.3 Å². The van der Waals surface area contributed by atoms with E-state index in [0.717, 1.165) is 18.4 Å². The molecule has 1 N–H and O–H groups in total. The van der Waals surface area contributed by atoms with Crippen LogP contribution in [0.2, 0.25) is 0 Å². The molecule has 3 amide bonds. The average molecular weight is 327 g/mol. The van der Waals surface area contributed by atoms with Gasteiger partial charge in [-0.1, -0.05) is 42.8 Å². The van der Waals surface area contributed by atoms with Gasteiger partial charge in [0.05, 0.1) is 12.2 Å². The lowest BCUT2D eigenvalue weighted by Gasteiger charge is -2.22. The SMILES string of the molecule is CCCc1ccc([C@]2(C)NC(=O)N(Cc3cc(C)no3)C2=O)cc1. The first-order valence-corrected chi connectivity index (χ1v) is 8.09.